The van der Waals surface area contributed by atoms with Gasteiger partial charge in [0, 0.05) is 60.8 Å². The Morgan fingerprint density at radius 1 is 0.582 bits per heavy atom. The number of phenols is 1. The Morgan fingerprint density at radius 2 is 1.16 bits per heavy atom. The summed E-state index contributed by atoms with van der Waals surface area (Å²) in [6.07, 6.45) is -11.0. The number of allylic oxidation sites excluding steroid dienone is 1. The molecule has 6 N–H and O–H groups in total. The number of ketones is 2. The molecule has 5 fully saturated rings. The number of phenolic OH excluding ortho intramolecular Hbond substituents is 1. The molecule has 5 saturated heterocycles. The number of hydrogen-bond acceptors (Lipinski definition) is 18. The fourth-order valence-corrected chi connectivity index (χ4v) is 10.7. The largest absolute Gasteiger partial charge is 0.507 e. The number of fused-ring (bicyclic) bond motifs is 3. The summed E-state index contributed by atoms with van der Waals surface area (Å²) in [5.74, 6) is -1.20. The molecule has 5 aliphatic heterocycles. The lowest BCUT2D eigenvalue weighted by Gasteiger charge is -2.44. The van der Waals surface area contributed by atoms with Gasteiger partial charge in [-0.1, -0.05) is 18.2 Å². The van der Waals surface area contributed by atoms with E-state index in [-0.39, 0.29) is 89.4 Å². The fourth-order valence-electron chi connectivity index (χ4n) is 10.7. The summed E-state index contributed by atoms with van der Waals surface area (Å²) in [5.41, 5.74) is 1.49. The highest BCUT2D eigenvalue weighted by molar-refractivity contribution is 6.42. The van der Waals surface area contributed by atoms with Crippen LogP contribution in [-0.2, 0) is 49.1 Å². The Labute approximate surface area is 388 Å². The average Bonchev–Trinajstić information content (AvgIpc) is 3.26. The lowest BCUT2D eigenvalue weighted by atomic mass is 9.73. The number of rotatable bonds is 10. The first kappa shape index (κ1) is 48.6. The van der Waals surface area contributed by atoms with Crippen molar-refractivity contribution in [2.75, 3.05) is 0 Å². The summed E-state index contributed by atoms with van der Waals surface area (Å²) < 4.78 is 61.8. The Kier molecular flexibility index (Phi) is 14.3. The first-order valence-electron chi connectivity index (χ1n) is 23.7. The number of aryl methyl sites for hydroxylation is 1. The zero-order chi connectivity index (χ0) is 47.6. The topological polar surface area (TPSA) is 248 Å². The van der Waals surface area contributed by atoms with Gasteiger partial charge in [0.25, 0.3) is 0 Å². The Hall–Kier alpha value is -3.44. The van der Waals surface area contributed by atoms with Gasteiger partial charge in [-0.15, -0.1) is 0 Å². The smallest absolute Gasteiger partial charge is 0.202 e. The molecule has 0 bridgehead atoms. The van der Waals surface area contributed by atoms with Gasteiger partial charge in [-0.25, -0.2) is 0 Å². The van der Waals surface area contributed by atoms with Gasteiger partial charge < -0.3 is 78.0 Å². The molecule has 18 heteroatoms. The fraction of sp³-hybridized carbons (Fsp3) is 0.673. The molecule has 5 heterocycles. The molecule has 0 amide bonds. The van der Waals surface area contributed by atoms with E-state index in [0.717, 1.165) is 5.56 Å². The number of aliphatic hydroxyl groups excluding tert-OH is 5. The second kappa shape index (κ2) is 19.8. The Balaban J connectivity index is 0.765. The van der Waals surface area contributed by atoms with E-state index in [4.69, 9.17) is 47.4 Å². The number of benzene rings is 2. The van der Waals surface area contributed by atoms with Crippen molar-refractivity contribution < 1.29 is 87.6 Å². The van der Waals surface area contributed by atoms with Crippen molar-refractivity contribution in [3.05, 3.63) is 63.7 Å². The maximum atomic E-state index is 14.1. The van der Waals surface area contributed by atoms with Crippen molar-refractivity contribution in [2.45, 2.75) is 210 Å². The normalized spacial score (nSPS) is 41.3. The maximum Gasteiger partial charge on any atom is 0.202 e. The third-order valence-corrected chi connectivity index (χ3v) is 14.3. The van der Waals surface area contributed by atoms with Gasteiger partial charge in [-0.3, -0.25) is 9.59 Å². The van der Waals surface area contributed by atoms with E-state index in [2.05, 4.69) is 0 Å². The van der Waals surface area contributed by atoms with Crippen molar-refractivity contribution in [1.29, 1.82) is 0 Å². The summed E-state index contributed by atoms with van der Waals surface area (Å²) in [6, 6.07) is 7.92. The van der Waals surface area contributed by atoms with Gasteiger partial charge in [-0.05, 0) is 77.6 Å². The van der Waals surface area contributed by atoms with Crippen LogP contribution in [0.4, 0.5) is 0 Å². The third-order valence-electron chi connectivity index (χ3n) is 14.3. The van der Waals surface area contributed by atoms with Crippen LogP contribution in [0, 0.1) is 6.92 Å². The molecule has 7 aliphatic rings. The van der Waals surface area contributed by atoms with Gasteiger partial charge in [-0.2, -0.15) is 0 Å². The Bertz CT molecular complexity index is 2160. The minimum Gasteiger partial charge on any atom is -0.507 e. The van der Waals surface area contributed by atoms with Crippen molar-refractivity contribution in [3.63, 3.8) is 0 Å². The van der Waals surface area contributed by atoms with Crippen LogP contribution < -0.4 is 4.74 Å². The summed E-state index contributed by atoms with van der Waals surface area (Å²) in [7, 11) is 0. The number of ether oxygens (including phenoxy) is 10. The van der Waals surface area contributed by atoms with Crippen LogP contribution in [0.25, 0.3) is 5.57 Å². The highest BCUT2D eigenvalue weighted by Gasteiger charge is 2.47. The number of carbonyl (C=O) groups is 2. The minimum atomic E-state index is -1.28. The lowest BCUT2D eigenvalue weighted by Crippen LogP contribution is -2.55. The van der Waals surface area contributed by atoms with E-state index in [9.17, 15) is 40.2 Å². The van der Waals surface area contributed by atoms with Crippen LogP contribution in [0.5, 0.6) is 11.5 Å². The van der Waals surface area contributed by atoms with E-state index in [0.29, 0.717) is 31.2 Å². The lowest BCUT2D eigenvalue weighted by molar-refractivity contribution is -0.331. The molecule has 0 aromatic heterocycles. The number of Topliss-reactive ketones (excluding diaryl/α,β-unsaturated/α-hetero) is 2. The molecule has 0 spiro atoms. The van der Waals surface area contributed by atoms with E-state index in [1.165, 1.54) is 18.2 Å². The average molecular weight is 941 g/mol. The van der Waals surface area contributed by atoms with E-state index < -0.39 is 104 Å². The Morgan fingerprint density at radius 3 is 1.81 bits per heavy atom. The number of hydrogen-bond donors (Lipinski definition) is 6. The first-order chi connectivity index (χ1) is 31.9. The monoisotopic (exact) mass is 940 g/mol. The second-order valence-electron chi connectivity index (χ2n) is 19.2. The molecule has 19 atom stereocenters. The van der Waals surface area contributed by atoms with Crippen LogP contribution >= 0.6 is 0 Å². The SMILES string of the molecule is Cc1cc(O)c2c(c1)C[C@@H](O)C1=C2C(=O)c2cccc(O[C@H]3C[C@@H](O)[C@H](O[C@H]4C[C@@H](O[C@H]5CC[C@H](O[C@H]6CC[C@H](O[C@H]7C[C@@H](O)[C@H](O)[C@@H](C)O7)[C@@H](C)O6)[C@H](C)O5)[C@H](O)[C@@H](C)O4)[C@@H](C)O3)c2C1=O. The number of aliphatic hydroxyl groups is 5. The van der Waals surface area contributed by atoms with Crippen LogP contribution in [0.2, 0.25) is 0 Å². The van der Waals surface area contributed by atoms with Crippen molar-refractivity contribution in [1.82, 2.24) is 0 Å². The van der Waals surface area contributed by atoms with Gasteiger partial charge in [0.15, 0.2) is 36.7 Å². The summed E-state index contributed by atoms with van der Waals surface area (Å²) in [6.45, 7) is 10.7. The van der Waals surface area contributed by atoms with Gasteiger partial charge in [0.1, 0.15) is 29.8 Å². The molecule has 67 heavy (non-hydrogen) atoms. The predicted molar refractivity (Wildman–Crippen MR) is 233 cm³/mol. The molecule has 18 nitrogen and oxygen atoms in total. The number of carbonyl (C=O) groups excluding carboxylic acids is 2. The van der Waals surface area contributed by atoms with Crippen molar-refractivity contribution in [3.8, 4) is 11.5 Å². The minimum absolute atomic E-state index is 0.0206. The zero-order valence-electron chi connectivity index (χ0n) is 38.6. The second-order valence-corrected chi connectivity index (χ2v) is 19.2. The molecule has 2 aromatic carbocycles. The molecule has 368 valence electrons. The molecule has 0 unspecified atom stereocenters. The standard InChI is InChI=1S/C49H64O18/c1-20-14-26-16-29(51)43-44(41(26)28(50)15-20)47(56)27-8-7-9-34(42(27)48(43)57)65-39-18-31(53)49(25(6)62-39)67-40-19-35(46(55)24(5)61-40)66-37-13-10-32(21(2)59-37)63-36-12-11-33(22(3)58-36)64-38-17-30(52)45(54)23(4)60-38/h7-9,14-15,21-25,29-33,35-40,45-46,49-55H,10-13,16-19H2,1-6H3/t21-,22+,23+,24+,25+,29+,30+,31+,32-,33-,35+,36-,37-,38-,39-,40-,45+,46+,49+/m0/s1. The van der Waals surface area contributed by atoms with Crippen LogP contribution in [0.15, 0.2) is 35.9 Å². The van der Waals surface area contributed by atoms with Gasteiger partial charge in [0.2, 0.25) is 6.29 Å². The third kappa shape index (κ3) is 9.86. The van der Waals surface area contributed by atoms with Crippen LogP contribution in [0.3, 0.4) is 0 Å². The summed E-state index contributed by atoms with van der Waals surface area (Å²) in [4.78, 5) is 28.2. The highest BCUT2D eigenvalue weighted by Crippen LogP contribution is 2.46. The maximum absolute atomic E-state index is 14.1. The predicted octanol–water partition coefficient (Wildman–Crippen LogP) is 3.27. The van der Waals surface area contributed by atoms with Gasteiger partial charge in [0.05, 0.1) is 72.7 Å². The van der Waals surface area contributed by atoms with E-state index in [1.54, 1.807) is 39.8 Å². The molecule has 9 rings (SSSR count). The zero-order valence-corrected chi connectivity index (χ0v) is 38.6. The van der Waals surface area contributed by atoms with E-state index >= 15 is 0 Å². The molecular formula is C49H64O18. The molecule has 0 radical (unpaired) electrons. The van der Waals surface area contributed by atoms with Crippen molar-refractivity contribution in [2.24, 2.45) is 0 Å². The van der Waals surface area contributed by atoms with Gasteiger partial charge >= 0.3 is 0 Å². The van der Waals surface area contributed by atoms with Crippen LogP contribution in [-0.4, -0.2) is 159 Å². The highest BCUT2D eigenvalue weighted by atomic mass is 16.7. The number of aromatic hydroxyl groups is 1. The first-order valence-corrected chi connectivity index (χ1v) is 23.7. The summed E-state index contributed by atoms with van der Waals surface area (Å²) in [5, 5.41) is 64.8. The molecular weight excluding hydrogens is 877 g/mol. The van der Waals surface area contributed by atoms with E-state index in [1.807, 2.05) is 13.8 Å². The van der Waals surface area contributed by atoms with Crippen molar-refractivity contribution >= 4 is 17.1 Å². The molecule has 2 aliphatic carbocycles. The van der Waals surface area contributed by atoms with Crippen LogP contribution in [0.1, 0.15) is 117 Å². The molecule has 2 aromatic rings. The quantitative estimate of drug-likeness (QED) is 0.200. The summed E-state index contributed by atoms with van der Waals surface area (Å²) >= 11 is 0. The molecule has 0 saturated carbocycles.